The maximum Gasteiger partial charge on any atom is 0.166 e. The first-order valence-electron chi connectivity index (χ1n) is 10.2. The Hall–Kier alpha value is -2.48. The number of halogens is 2. The van der Waals surface area contributed by atoms with Gasteiger partial charge in [0.1, 0.15) is 11.9 Å². The van der Waals surface area contributed by atoms with Gasteiger partial charge in [0.15, 0.2) is 11.6 Å². The first kappa shape index (κ1) is 21.7. The van der Waals surface area contributed by atoms with E-state index in [2.05, 4.69) is 15.4 Å². The van der Waals surface area contributed by atoms with E-state index in [0.29, 0.717) is 33.1 Å². The highest BCUT2D eigenvalue weighted by molar-refractivity contribution is 6.37. The molecular weight excluding hydrogens is 437 g/mol. The molecule has 164 valence electrons. The van der Waals surface area contributed by atoms with E-state index in [1.165, 1.54) is 0 Å². The van der Waals surface area contributed by atoms with Crippen molar-refractivity contribution in [1.29, 1.82) is 0 Å². The van der Waals surface area contributed by atoms with Crippen molar-refractivity contribution in [2.45, 2.75) is 31.9 Å². The van der Waals surface area contributed by atoms with Crippen molar-refractivity contribution in [3.63, 3.8) is 0 Å². The molecule has 7 nitrogen and oxygen atoms in total. The van der Waals surface area contributed by atoms with Crippen LogP contribution in [0.2, 0.25) is 10.0 Å². The summed E-state index contributed by atoms with van der Waals surface area (Å²) < 4.78 is 13.5. The highest BCUT2D eigenvalue weighted by atomic mass is 35.5. The van der Waals surface area contributed by atoms with Gasteiger partial charge < -0.3 is 20.5 Å². The maximum atomic E-state index is 6.47. The summed E-state index contributed by atoms with van der Waals surface area (Å²) >= 11 is 12.8. The van der Waals surface area contributed by atoms with E-state index in [1.807, 2.05) is 30.1 Å². The first-order chi connectivity index (χ1) is 15.0. The number of ether oxygens (including phenoxy) is 2. The van der Waals surface area contributed by atoms with Crippen molar-refractivity contribution in [1.82, 2.24) is 20.1 Å². The smallest absolute Gasteiger partial charge is 0.166 e. The molecule has 1 aromatic carbocycles. The summed E-state index contributed by atoms with van der Waals surface area (Å²) in [5, 5.41) is 8.84. The highest BCUT2D eigenvalue weighted by Gasteiger charge is 2.21. The third-order valence-corrected chi connectivity index (χ3v) is 6.24. The molecule has 0 bridgehead atoms. The van der Waals surface area contributed by atoms with Crippen molar-refractivity contribution in [3.8, 4) is 22.6 Å². The molecule has 0 saturated carbocycles. The number of piperidine rings is 1. The number of benzene rings is 1. The van der Waals surface area contributed by atoms with Crippen molar-refractivity contribution < 1.29 is 9.47 Å². The number of hydrogen-bond donors (Lipinski definition) is 2. The molecule has 3 heterocycles. The molecule has 1 saturated heterocycles. The third-order valence-electron chi connectivity index (χ3n) is 5.52. The van der Waals surface area contributed by atoms with Gasteiger partial charge in [-0.05, 0) is 51.1 Å². The second-order valence-electron chi connectivity index (χ2n) is 7.53. The van der Waals surface area contributed by atoms with Gasteiger partial charge in [-0.1, -0.05) is 23.2 Å². The van der Waals surface area contributed by atoms with E-state index in [0.717, 1.165) is 37.1 Å². The lowest BCUT2D eigenvalue weighted by molar-refractivity contribution is 0.227. The number of pyridine rings is 1. The fraction of sp³-hybridized carbons (Fsp3) is 0.364. The molecule has 1 unspecified atom stereocenters. The number of nitrogens with two attached hydrogens (primary N) is 1. The summed E-state index contributed by atoms with van der Waals surface area (Å²) in [5.41, 5.74) is 8.56. The second-order valence-corrected chi connectivity index (χ2v) is 8.32. The first-order valence-corrected chi connectivity index (χ1v) is 10.9. The van der Waals surface area contributed by atoms with Crippen LogP contribution in [-0.4, -0.2) is 35.0 Å². The van der Waals surface area contributed by atoms with Crippen LogP contribution in [0.5, 0.6) is 11.5 Å². The lowest BCUT2D eigenvalue weighted by atomic mass is 10.1. The Morgan fingerprint density at radius 2 is 1.94 bits per heavy atom. The molecule has 2 aromatic heterocycles. The molecule has 1 aliphatic rings. The number of rotatable bonds is 6. The maximum absolute atomic E-state index is 6.47. The minimum Gasteiger partial charge on any atom is -0.495 e. The molecule has 9 heteroatoms. The molecule has 0 amide bonds. The Balaban J connectivity index is 1.58. The SMILES string of the molecule is COc1ccc(Cl)c(C(C)Oc2cc(-c3cnn(C4CCNCC4)c3)cnc2N)c1Cl. The third kappa shape index (κ3) is 4.59. The lowest BCUT2D eigenvalue weighted by Crippen LogP contribution is -2.29. The molecule has 0 spiro atoms. The van der Waals surface area contributed by atoms with Crippen LogP contribution < -0.4 is 20.5 Å². The average molecular weight is 462 g/mol. The van der Waals surface area contributed by atoms with Crippen LogP contribution in [0.3, 0.4) is 0 Å². The highest BCUT2D eigenvalue weighted by Crippen LogP contribution is 2.40. The molecule has 1 aliphatic heterocycles. The van der Waals surface area contributed by atoms with Gasteiger partial charge in [-0.15, -0.1) is 0 Å². The van der Waals surface area contributed by atoms with E-state index in [4.69, 9.17) is 38.4 Å². The van der Waals surface area contributed by atoms with Crippen LogP contribution >= 0.6 is 23.2 Å². The Morgan fingerprint density at radius 1 is 1.16 bits per heavy atom. The lowest BCUT2D eigenvalue weighted by Gasteiger charge is -2.22. The normalized spacial score (nSPS) is 15.6. The van der Waals surface area contributed by atoms with Crippen LogP contribution in [0, 0.1) is 0 Å². The van der Waals surface area contributed by atoms with Crippen LogP contribution in [0.4, 0.5) is 5.82 Å². The van der Waals surface area contributed by atoms with Crippen molar-refractivity contribution in [2.75, 3.05) is 25.9 Å². The molecule has 3 N–H and O–H groups in total. The van der Waals surface area contributed by atoms with Gasteiger partial charge in [-0.3, -0.25) is 4.68 Å². The van der Waals surface area contributed by atoms with E-state index in [-0.39, 0.29) is 5.82 Å². The molecule has 4 rings (SSSR count). The number of aromatic nitrogens is 3. The Bertz CT molecular complexity index is 1070. The summed E-state index contributed by atoms with van der Waals surface area (Å²) in [6, 6.07) is 5.72. The van der Waals surface area contributed by atoms with Crippen LogP contribution in [0.15, 0.2) is 36.8 Å². The van der Waals surface area contributed by atoms with E-state index < -0.39 is 6.10 Å². The number of methoxy groups -OCH3 is 1. The van der Waals surface area contributed by atoms with Gasteiger partial charge in [0.05, 0.1) is 24.4 Å². The molecule has 0 aliphatic carbocycles. The zero-order chi connectivity index (χ0) is 22.0. The summed E-state index contributed by atoms with van der Waals surface area (Å²) in [7, 11) is 1.56. The van der Waals surface area contributed by atoms with E-state index >= 15 is 0 Å². The van der Waals surface area contributed by atoms with E-state index in [1.54, 1.807) is 25.4 Å². The number of nitrogens with zero attached hydrogens (tertiary/aromatic N) is 3. The zero-order valence-corrected chi connectivity index (χ0v) is 19.0. The summed E-state index contributed by atoms with van der Waals surface area (Å²) in [5.74, 6) is 1.27. The molecule has 0 radical (unpaired) electrons. The minimum absolute atomic E-state index is 0.288. The predicted molar refractivity (Wildman–Crippen MR) is 123 cm³/mol. The molecule has 1 fully saturated rings. The molecule has 1 atom stereocenters. The number of hydrogen-bond acceptors (Lipinski definition) is 6. The van der Waals surface area contributed by atoms with Crippen molar-refractivity contribution >= 4 is 29.0 Å². The molecular formula is C22H25Cl2N5O2. The summed E-state index contributed by atoms with van der Waals surface area (Å²) in [6.07, 6.45) is 7.28. The average Bonchev–Trinajstić information content (AvgIpc) is 3.26. The summed E-state index contributed by atoms with van der Waals surface area (Å²) in [4.78, 5) is 4.32. The van der Waals surface area contributed by atoms with Gasteiger partial charge >= 0.3 is 0 Å². The van der Waals surface area contributed by atoms with Gasteiger partial charge in [-0.2, -0.15) is 5.10 Å². The van der Waals surface area contributed by atoms with Gasteiger partial charge in [0.2, 0.25) is 0 Å². The predicted octanol–water partition coefficient (Wildman–Crippen LogP) is 4.91. The fourth-order valence-electron chi connectivity index (χ4n) is 3.79. The Morgan fingerprint density at radius 3 is 2.68 bits per heavy atom. The monoisotopic (exact) mass is 461 g/mol. The van der Waals surface area contributed by atoms with Crippen molar-refractivity contribution in [3.05, 3.63) is 52.4 Å². The topological polar surface area (TPSA) is 87.2 Å². The Kier molecular flexibility index (Phi) is 6.55. The van der Waals surface area contributed by atoms with E-state index in [9.17, 15) is 0 Å². The van der Waals surface area contributed by atoms with Crippen LogP contribution in [0.1, 0.15) is 37.5 Å². The minimum atomic E-state index is -0.466. The standard InChI is InChI=1S/C22H25Cl2N5O2/c1-13(20-17(23)3-4-18(30-2)21(20)24)31-19-9-14(10-27-22(19)25)15-11-28-29(12-15)16-5-7-26-8-6-16/h3-4,9-13,16,26H,5-8H2,1-2H3,(H2,25,27). The van der Waals surface area contributed by atoms with Crippen LogP contribution in [-0.2, 0) is 0 Å². The van der Waals surface area contributed by atoms with Gasteiger partial charge in [0, 0.05) is 34.1 Å². The largest absolute Gasteiger partial charge is 0.495 e. The Labute approximate surface area is 191 Å². The quantitative estimate of drug-likeness (QED) is 0.542. The number of nitrogens with one attached hydrogen (secondary N) is 1. The van der Waals surface area contributed by atoms with Crippen molar-refractivity contribution in [2.24, 2.45) is 0 Å². The summed E-state index contributed by atoms with van der Waals surface area (Å²) in [6.45, 7) is 3.87. The molecule has 31 heavy (non-hydrogen) atoms. The number of nitrogen functional groups attached to an aromatic ring is 1. The number of anilines is 1. The van der Waals surface area contributed by atoms with Crippen LogP contribution in [0.25, 0.3) is 11.1 Å². The second kappa shape index (κ2) is 9.34. The zero-order valence-electron chi connectivity index (χ0n) is 17.4. The molecule has 3 aromatic rings. The van der Waals surface area contributed by atoms with Gasteiger partial charge in [-0.25, -0.2) is 4.98 Å². The fourth-order valence-corrected chi connectivity index (χ4v) is 4.55. The van der Waals surface area contributed by atoms with Gasteiger partial charge in [0.25, 0.3) is 0 Å².